The molecule has 0 radical (unpaired) electrons. The SMILES string of the molecule is Cc1cccc(N2CCN(C(=O)c3csc(C4CCN(C(=O)Nc5cc(-c6ccccc6)[nH]n5)CC4)n3)CC2)n1. The van der Waals surface area contributed by atoms with Gasteiger partial charge in [-0.1, -0.05) is 36.4 Å². The Morgan fingerprint density at radius 2 is 1.70 bits per heavy atom. The summed E-state index contributed by atoms with van der Waals surface area (Å²) in [6.07, 6.45) is 1.62. The number of carbonyl (C=O) groups is 2. The molecule has 206 valence electrons. The number of aromatic nitrogens is 4. The Balaban J connectivity index is 0.988. The van der Waals surface area contributed by atoms with E-state index in [4.69, 9.17) is 4.98 Å². The number of pyridine rings is 1. The van der Waals surface area contributed by atoms with Crippen molar-refractivity contribution in [2.75, 3.05) is 49.5 Å². The van der Waals surface area contributed by atoms with Crippen molar-refractivity contribution in [3.63, 3.8) is 0 Å². The van der Waals surface area contributed by atoms with Crippen LogP contribution in [0.3, 0.4) is 0 Å². The van der Waals surface area contributed by atoms with Gasteiger partial charge in [-0.3, -0.25) is 15.2 Å². The highest BCUT2D eigenvalue weighted by Crippen LogP contribution is 2.31. The van der Waals surface area contributed by atoms with E-state index in [9.17, 15) is 9.59 Å². The predicted octanol–water partition coefficient (Wildman–Crippen LogP) is 4.61. The van der Waals surface area contributed by atoms with Crippen molar-refractivity contribution in [1.82, 2.24) is 30.0 Å². The van der Waals surface area contributed by atoms with Gasteiger partial charge in [0.25, 0.3) is 5.91 Å². The Morgan fingerprint density at radius 3 is 2.45 bits per heavy atom. The number of aromatic amines is 1. The molecule has 2 aliphatic rings. The zero-order valence-electron chi connectivity index (χ0n) is 22.4. The maximum atomic E-state index is 13.2. The summed E-state index contributed by atoms with van der Waals surface area (Å²) in [7, 11) is 0. The molecule has 0 aliphatic carbocycles. The minimum Gasteiger partial charge on any atom is -0.353 e. The number of nitrogens with one attached hydrogen (secondary N) is 2. The second-order valence-corrected chi connectivity index (χ2v) is 11.1. The van der Waals surface area contributed by atoms with Gasteiger partial charge in [-0.05, 0) is 37.5 Å². The molecule has 2 aliphatic heterocycles. The largest absolute Gasteiger partial charge is 0.353 e. The van der Waals surface area contributed by atoms with Gasteiger partial charge in [0.15, 0.2) is 5.82 Å². The van der Waals surface area contributed by atoms with Gasteiger partial charge in [-0.2, -0.15) is 5.10 Å². The molecule has 3 amide bonds. The van der Waals surface area contributed by atoms with E-state index >= 15 is 0 Å². The van der Waals surface area contributed by atoms with E-state index in [1.807, 2.05) is 76.7 Å². The molecule has 11 heteroatoms. The lowest BCUT2D eigenvalue weighted by molar-refractivity contribution is 0.0741. The number of anilines is 2. The van der Waals surface area contributed by atoms with Crippen molar-refractivity contribution in [3.05, 3.63) is 76.4 Å². The van der Waals surface area contributed by atoms with Crippen molar-refractivity contribution < 1.29 is 9.59 Å². The molecule has 0 saturated carbocycles. The van der Waals surface area contributed by atoms with Crippen molar-refractivity contribution in [2.24, 2.45) is 0 Å². The first kappa shape index (κ1) is 26.0. The summed E-state index contributed by atoms with van der Waals surface area (Å²) in [5.41, 5.74) is 3.39. The Bertz CT molecular complexity index is 1470. The molecular formula is C29H32N8O2S. The third-order valence-corrected chi connectivity index (χ3v) is 8.54. The quantitative estimate of drug-likeness (QED) is 0.372. The molecule has 0 atom stereocenters. The topological polar surface area (TPSA) is 110 Å². The van der Waals surface area contributed by atoms with E-state index in [-0.39, 0.29) is 17.9 Å². The highest BCUT2D eigenvalue weighted by molar-refractivity contribution is 7.09. The molecule has 0 spiro atoms. The molecule has 2 saturated heterocycles. The first-order valence-corrected chi connectivity index (χ1v) is 14.5. The molecule has 2 N–H and O–H groups in total. The average Bonchev–Trinajstić information content (AvgIpc) is 3.68. The number of carbonyl (C=O) groups excluding carboxylic acids is 2. The number of aryl methyl sites for hydroxylation is 1. The van der Waals surface area contributed by atoms with E-state index in [1.54, 1.807) is 11.3 Å². The second kappa shape index (κ2) is 11.5. The van der Waals surface area contributed by atoms with Gasteiger partial charge >= 0.3 is 6.03 Å². The van der Waals surface area contributed by atoms with Crippen LogP contribution >= 0.6 is 11.3 Å². The Labute approximate surface area is 237 Å². The third-order valence-electron chi connectivity index (χ3n) is 7.53. The van der Waals surface area contributed by atoms with Gasteiger partial charge in [0.2, 0.25) is 0 Å². The molecule has 6 rings (SSSR count). The van der Waals surface area contributed by atoms with Gasteiger partial charge in [-0.25, -0.2) is 14.8 Å². The minimum absolute atomic E-state index is 0.00922. The van der Waals surface area contributed by atoms with Crippen molar-refractivity contribution >= 4 is 34.9 Å². The molecular weight excluding hydrogens is 524 g/mol. The van der Waals surface area contributed by atoms with E-state index in [0.717, 1.165) is 53.7 Å². The average molecular weight is 557 g/mol. The van der Waals surface area contributed by atoms with Crippen LogP contribution in [0.4, 0.5) is 16.4 Å². The molecule has 0 unspecified atom stereocenters. The molecule has 10 nitrogen and oxygen atoms in total. The lowest BCUT2D eigenvalue weighted by atomic mass is 9.98. The molecule has 4 aromatic rings. The number of amides is 3. The first-order chi connectivity index (χ1) is 19.5. The zero-order chi connectivity index (χ0) is 27.5. The summed E-state index contributed by atoms with van der Waals surface area (Å²) in [4.78, 5) is 41.3. The summed E-state index contributed by atoms with van der Waals surface area (Å²) < 4.78 is 0. The smallest absolute Gasteiger partial charge is 0.323 e. The van der Waals surface area contributed by atoms with Gasteiger partial charge in [0, 0.05) is 62.3 Å². The summed E-state index contributed by atoms with van der Waals surface area (Å²) >= 11 is 1.55. The fraction of sp³-hybridized carbons (Fsp3) is 0.345. The van der Waals surface area contributed by atoms with Crippen LogP contribution < -0.4 is 10.2 Å². The maximum absolute atomic E-state index is 13.2. The van der Waals surface area contributed by atoms with Gasteiger partial charge in [-0.15, -0.1) is 11.3 Å². The molecule has 1 aromatic carbocycles. The van der Waals surface area contributed by atoms with Crippen molar-refractivity contribution in [1.29, 1.82) is 0 Å². The number of thiazole rings is 1. The number of H-pyrrole nitrogens is 1. The molecule has 3 aromatic heterocycles. The van der Waals surface area contributed by atoms with Gasteiger partial charge < -0.3 is 14.7 Å². The minimum atomic E-state index is -0.153. The number of nitrogens with zero attached hydrogens (tertiary/aromatic N) is 6. The zero-order valence-corrected chi connectivity index (χ0v) is 23.2. The third kappa shape index (κ3) is 5.69. The van der Waals surface area contributed by atoms with Gasteiger partial charge in [0.05, 0.1) is 10.7 Å². The van der Waals surface area contributed by atoms with Crippen LogP contribution in [0.5, 0.6) is 0 Å². The fourth-order valence-corrected chi connectivity index (χ4v) is 6.21. The van der Waals surface area contributed by atoms with Crippen LogP contribution in [0.25, 0.3) is 11.3 Å². The van der Waals surface area contributed by atoms with Crippen LogP contribution in [0, 0.1) is 6.92 Å². The Kier molecular flexibility index (Phi) is 7.45. The van der Waals surface area contributed by atoms with E-state index in [2.05, 4.69) is 25.4 Å². The van der Waals surface area contributed by atoms with Crippen molar-refractivity contribution in [2.45, 2.75) is 25.7 Å². The van der Waals surface area contributed by atoms with Crippen LogP contribution in [0.2, 0.25) is 0 Å². The van der Waals surface area contributed by atoms with Gasteiger partial charge in [0.1, 0.15) is 11.5 Å². The van der Waals surface area contributed by atoms with Crippen LogP contribution in [0.1, 0.15) is 39.9 Å². The summed E-state index contributed by atoms with van der Waals surface area (Å²) in [5.74, 6) is 1.70. The predicted molar refractivity (Wildman–Crippen MR) is 156 cm³/mol. The Morgan fingerprint density at radius 1 is 0.925 bits per heavy atom. The second-order valence-electron chi connectivity index (χ2n) is 10.2. The molecule has 5 heterocycles. The molecule has 40 heavy (non-hydrogen) atoms. The normalized spacial score (nSPS) is 16.3. The number of benzene rings is 1. The van der Waals surface area contributed by atoms with Crippen molar-refractivity contribution in [3.8, 4) is 11.3 Å². The van der Waals surface area contributed by atoms with Crippen LogP contribution in [-0.4, -0.2) is 81.2 Å². The van der Waals surface area contributed by atoms with Crippen LogP contribution in [0.15, 0.2) is 60.0 Å². The van der Waals surface area contributed by atoms with Crippen LogP contribution in [-0.2, 0) is 0 Å². The first-order valence-electron chi connectivity index (χ1n) is 13.6. The number of hydrogen-bond donors (Lipinski definition) is 2. The van der Waals surface area contributed by atoms with E-state index in [0.29, 0.717) is 37.7 Å². The number of piperidine rings is 1. The number of hydrogen-bond acceptors (Lipinski definition) is 7. The number of urea groups is 1. The molecule has 0 bridgehead atoms. The Hall–Kier alpha value is -4.25. The lowest BCUT2D eigenvalue weighted by Crippen LogP contribution is -2.49. The van der Waals surface area contributed by atoms with E-state index < -0.39 is 0 Å². The number of piperazine rings is 1. The monoisotopic (exact) mass is 556 g/mol. The van der Waals surface area contributed by atoms with E-state index in [1.165, 1.54) is 0 Å². The summed E-state index contributed by atoms with van der Waals surface area (Å²) in [6.45, 7) is 6.06. The maximum Gasteiger partial charge on any atom is 0.323 e. The standard InChI is InChI=1S/C29H32N8O2S/c1-20-6-5-9-26(30-20)35-14-16-36(17-15-35)28(38)24-19-40-27(31-24)22-10-12-37(13-11-22)29(39)32-25-18-23(33-34-25)21-7-3-2-4-8-21/h2-9,18-19,22H,10-17H2,1H3,(H2,32,33,34,39). The molecule has 2 fully saturated rings. The number of likely N-dealkylation sites (tertiary alicyclic amines) is 1. The fourth-order valence-electron chi connectivity index (χ4n) is 5.25. The highest BCUT2D eigenvalue weighted by Gasteiger charge is 2.29. The highest BCUT2D eigenvalue weighted by atomic mass is 32.1. The summed E-state index contributed by atoms with van der Waals surface area (Å²) in [6, 6.07) is 17.6. The number of rotatable bonds is 5. The summed E-state index contributed by atoms with van der Waals surface area (Å²) in [5, 5.41) is 13.0. The lowest BCUT2D eigenvalue weighted by Gasteiger charge is -2.35.